The van der Waals surface area contributed by atoms with E-state index in [4.69, 9.17) is 0 Å². The van der Waals surface area contributed by atoms with Gasteiger partial charge in [0.2, 0.25) is 0 Å². The number of H-pyrrole nitrogens is 1. The average molecular weight is 468 g/mol. The van der Waals surface area contributed by atoms with Crippen LogP contribution in [0.25, 0.3) is 11.1 Å². The summed E-state index contributed by atoms with van der Waals surface area (Å²) in [5, 5.41) is 15.4. The standard InChI is InChI=1S/C27H21FN4O3/c28-20-9-5-4-8-18(20)23(25-29-12-13-30-25)24-19-14-17(10-11-21(19)31-27(24)35)26(34)32-22(15-33)16-6-2-1-3-7-16/h1-14,22,33H,15H2,(H,29,30)(H,31,35)(H,32,34)/b24-23-/t22-/m1/s1. The van der Waals surface area contributed by atoms with E-state index in [9.17, 15) is 19.1 Å². The third-order valence-electron chi connectivity index (χ3n) is 5.84. The van der Waals surface area contributed by atoms with Gasteiger partial charge in [-0.3, -0.25) is 9.59 Å². The monoisotopic (exact) mass is 468 g/mol. The molecule has 1 aromatic heterocycles. The molecule has 174 valence electrons. The third kappa shape index (κ3) is 4.22. The second kappa shape index (κ2) is 9.36. The van der Waals surface area contributed by atoms with Crippen molar-refractivity contribution in [1.29, 1.82) is 0 Å². The van der Waals surface area contributed by atoms with Crippen LogP contribution in [0.3, 0.4) is 0 Å². The molecule has 0 bridgehead atoms. The third-order valence-corrected chi connectivity index (χ3v) is 5.84. The van der Waals surface area contributed by atoms with Crippen LogP contribution in [-0.2, 0) is 4.79 Å². The van der Waals surface area contributed by atoms with E-state index in [0.717, 1.165) is 5.56 Å². The van der Waals surface area contributed by atoms with Crippen LogP contribution in [-0.4, -0.2) is 33.5 Å². The van der Waals surface area contributed by atoms with Crippen LogP contribution in [0.1, 0.15) is 38.9 Å². The summed E-state index contributed by atoms with van der Waals surface area (Å²) in [4.78, 5) is 33.4. The predicted octanol–water partition coefficient (Wildman–Crippen LogP) is 3.92. The Kier molecular flexibility index (Phi) is 5.95. The fourth-order valence-electron chi connectivity index (χ4n) is 4.16. The summed E-state index contributed by atoms with van der Waals surface area (Å²) in [5.74, 6) is -1.02. The highest BCUT2D eigenvalue weighted by atomic mass is 19.1. The first kappa shape index (κ1) is 22.2. The number of nitrogens with zero attached hydrogens (tertiary/aromatic N) is 1. The van der Waals surface area contributed by atoms with E-state index in [2.05, 4.69) is 20.6 Å². The van der Waals surface area contributed by atoms with Gasteiger partial charge in [-0.2, -0.15) is 0 Å². The van der Waals surface area contributed by atoms with Crippen molar-refractivity contribution >= 4 is 28.6 Å². The van der Waals surface area contributed by atoms with Crippen molar-refractivity contribution < 1.29 is 19.1 Å². The number of aromatic nitrogens is 2. The second-order valence-electron chi connectivity index (χ2n) is 8.00. The molecular weight excluding hydrogens is 447 g/mol. The lowest BCUT2D eigenvalue weighted by atomic mass is 9.93. The van der Waals surface area contributed by atoms with Gasteiger partial charge in [0.15, 0.2) is 0 Å². The minimum atomic E-state index is -0.594. The van der Waals surface area contributed by atoms with Gasteiger partial charge in [0.1, 0.15) is 11.6 Å². The molecule has 0 radical (unpaired) electrons. The maximum Gasteiger partial charge on any atom is 0.257 e. The van der Waals surface area contributed by atoms with Crippen molar-refractivity contribution in [1.82, 2.24) is 15.3 Å². The molecule has 35 heavy (non-hydrogen) atoms. The molecule has 2 amide bonds. The molecule has 4 aromatic rings. The minimum absolute atomic E-state index is 0.205. The van der Waals surface area contributed by atoms with Crippen molar-refractivity contribution in [3.05, 3.63) is 119 Å². The maximum atomic E-state index is 14.8. The molecule has 0 spiro atoms. The van der Waals surface area contributed by atoms with Crippen LogP contribution in [0.2, 0.25) is 0 Å². The Bertz CT molecular complexity index is 1430. The molecule has 3 aromatic carbocycles. The Labute approximate surface area is 200 Å². The fraction of sp³-hybridized carbons (Fsp3) is 0.0741. The molecule has 0 saturated heterocycles. The molecule has 1 aliphatic heterocycles. The van der Waals surface area contributed by atoms with Crippen molar-refractivity contribution in [2.75, 3.05) is 11.9 Å². The van der Waals surface area contributed by atoms with E-state index in [1.54, 1.807) is 42.6 Å². The average Bonchev–Trinajstić information content (AvgIpc) is 3.52. The lowest BCUT2D eigenvalue weighted by Crippen LogP contribution is -2.30. The van der Waals surface area contributed by atoms with Crippen LogP contribution < -0.4 is 10.6 Å². The molecule has 7 nitrogen and oxygen atoms in total. The summed E-state index contributed by atoms with van der Waals surface area (Å²) in [5.41, 5.74) is 2.72. The molecule has 0 unspecified atom stereocenters. The van der Waals surface area contributed by atoms with Gasteiger partial charge in [-0.25, -0.2) is 9.37 Å². The molecule has 4 N–H and O–H groups in total. The first-order valence-electron chi connectivity index (χ1n) is 11.0. The number of benzene rings is 3. The Morgan fingerprint density at radius 1 is 1.06 bits per heavy atom. The summed E-state index contributed by atoms with van der Waals surface area (Å²) in [6.07, 6.45) is 3.11. The number of aliphatic hydroxyl groups is 1. The normalized spacial score (nSPS) is 14.7. The van der Waals surface area contributed by atoms with Gasteiger partial charge in [0, 0.05) is 40.3 Å². The van der Waals surface area contributed by atoms with E-state index in [-0.39, 0.29) is 17.7 Å². The second-order valence-corrected chi connectivity index (χ2v) is 8.00. The smallest absolute Gasteiger partial charge is 0.257 e. The van der Waals surface area contributed by atoms with Gasteiger partial charge in [0.05, 0.1) is 18.2 Å². The number of anilines is 1. The molecule has 1 atom stereocenters. The van der Waals surface area contributed by atoms with E-state index < -0.39 is 23.7 Å². The number of nitrogens with one attached hydrogen (secondary N) is 3. The SMILES string of the molecule is O=C1Nc2ccc(C(=O)N[C@H](CO)c3ccccc3)cc2/C1=C(/c1ncc[nH]1)c1ccccc1F. The topological polar surface area (TPSA) is 107 Å². The van der Waals surface area contributed by atoms with Crippen molar-refractivity contribution in [2.24, 2.45) is 0 Å². The van der Waals surface area contributed by atoms with Gasteiger partial charge < -0.3 is 20.7 Å². The Balaban J connectivity index is 1.59. The highest BCUT2D eigenvalue weighted by Crippen LogP contribution is 2.40. The number of fused-ring (bicyclic) bond motifs is 1. The van der Waals surface area contributed by atoms with E-state index in [1.807, 2.05) is 30.3 Å². The van der Waals surface area contributed by atoms with Crippen molar-refractivity contribution in [3.8, 4) is 0 Å². The van der Waals surface area contributed by atoms with Crippen LogP contribution >= 0.6 is 0 Å². The number of aromatic amines is 1. The zero-order valence-electron chi connectivity index (χ0n) is 18.5. The number of rotatable bonds is 6. The number of imidazole rings is 1. The number of hydrogen-bond acceptors (Lipinski definition) is 4. The van der Waals surface area contributed by atoms with Crippen LogP contribution in [0.15, 0.2) is 85.2 Å². The largest absolute Gasteiger partial charge is 0.394 e. The molecule has 0 saturated carbocycles. The number of halogens is 1. The quantitative estimate of drug-likeness (QED) is 0.322. The number of aliphatic hydroxyl groups excluding tert-OH is 1. The molecular formula is C27H21FN4O3. The van der Waals surface area contributed by atoms with Gasteiger partial charge in [-0.15, -0.1) is 0 Å². The van der Waals surface area contributed by atoms with Crippen LogP contribution in [0.5, 0.6) is 0 Å². The highest BCUT2D eigenvalue weighted by Gasteiger charge is 2.31. The molecule has 1 aliphatic rings. The Hall–Kier alpha value is -4.56. The minimum Gasteiger partial charge on any atom is -0.394 e. The van der Waals surface area contributed by atoms with Gasteiger partial charge >= 0.3 is 0 Å². The molecule has 5 rings (SSSR count). The summed E-state index contributed by atoms with van der Waals surface area (Å²) in [6, 6.07) is 19.5. The summed E-state index contributed by atoms with van der Waals surface area (Å²) in [6.45, 7) is -0.276. The Morgan fingerprint density at radius 2 is 1.83 bits per heavy atom. The molecule has 8 heteroatoms. The predicted molar refractivity (Wildman–Crippen MR) is 130 cm³/mol. The van der Waals surface area contributed by atoms with Crippen molar-refractivity contribution in [3.63, 3.8) is 0 Å². The first-order valence-corrected chi connectivity index (χ1v) is 11.0. The Morgan fingerprint density at radius 3 is 2.54 bits per heavy atom. The number of amides is 2. The van der Waals surface area contributed by atoms with Gasteiger partial charge in [0.25, 0.3) is 11.8 Å². The van der Waals surface area contributed by atoms with Crippen LogP contribution in [0, 0.1) is 5.82 Å². The summed E-state index contributed by atoms with van der Waals surface area (Å²) in [7, 11) is 0. The van der Waals surface area contributed by atoms with Gasteiger partial charge in [-0.1, -0.05) is 48.5 Å². The molecule has 0 fully saturated rings. The van der Waals surface area contributed by atoms with Crippen LogP contribution in [0.4, 0.5) is 10.1 Å². The lowest BCUT2D eigenvalue weighted by molar-refractivity contribution is -0.110. The molecule has 2 heterocycles. The number of carbonyl (C=O) groups is 2. The number of carbonyl (C=O) groups excluding carboxylic acids is 2. The van der Waals surface area contributed by atoms with E-state index in [1.165, 1.54) is 12.3 Å². The molecule has 0 aliphatic carbocycles. The lowest BCUT2D eigenvalue weighted by Gasteiger charge is -2.17. The number of hydrogen-bond donors (Lipinski definition) is 4. The fourth-order valence-corrected chi connectivity index (χ4v) is 4.16. The summed E-state index contributed by atoms with van der Waals surface area (Å²) >= 11 is 0. The zero-order chi connectivity index (χ0) is 24.4. The van der Waals surface area contributed by atoms with E-state index >= 15 is 0 Å². The van der Waals surface area contributed by atoms with Gasteiger partial charge in [-0.05, 0) is 29.8 Å². The zero-order valence-corrected chi connectivity index (χ0v) is 18.5. The summed E-state index contributed by atoms with van der Waals surface area (Å²) < 4.78 is 14.8. The van der Waals surface area contributed by atoms with Crippen molar-refractivity contribution in [2.45, 2.75) is 6.04 Å². The maximum absolute atomic E-state index is 14.8. The first-order chi connectivity index (χ1) is 17.1. The van der Waals surface area contributed by atoms with E-state index in [0.29, 0.717) is 28.2 Å². The highest BCUT2D eigenvalue weighted by molar-refractivity contribution is 6.38.